The first-order chi connectivity index (χ1) is 8.34. The molecule has 1 aliphatic rings. The minimum Gasteiger partial charge on any atom is -0.377 e. The number of hydrogen-bond donors (Lipinski definition) is 1. The fourth-order valence-electron chi connectivity index (χ4n) is 2.64. The summed E-state index contributed by atoms with van der Waals surface area (Å²) < 4.78 is 5.61. The quantitative estimate of drug-likeness (QED) is 0.586. The second-order valence-electron chi connectivity index (χ2n) is 5.48. The molecular weight excluding hydrogens is 210 g/mol. The summed E-state index contributed by atoms with van der Waals surface area (Å²) in [7, 11) is 0. The van der Waals surface area contributed by atoms with E-state index in [0.717, 1.165) is 13.0 Å². The van der Waals surface area contributed by atoms with Crippen LogP contribution < -0.4 is 5.73 Å². The van der Waals surface area contributed by atoms with E-state index >= 15 is 0 Å². The fraction of sp³-hybridized carbons (Fsp3) is 1.00. The zero-order valence-corrected chi connectivity index (χ0v) is 11.6. The van der Waals surface area contributed by atoms with Crippen LogP contribution in [0.5, 0.6) is 0 Å². The van der Waals surface area contributed by atoms with Gasteiger partial charge in [-0.15, -0.1) is 0 Å². The second-order valence-corrected chi connectivity index (χ2v) is 5.48. The van der Waals surface area contributed by atoms with Gasteiger partial charge in [-0.2, -0.15) is 0 Å². The largest absolute Gasteiger partial charge is 0.377 e. The van der Waals surface area contributed by atoms with Crippen LogP contribution in [-0.4, -0.2) is 18.8 Å². The summed E-state index contributed by atoms with van der Waals surface area (Å²) >= 11 is 0. The van der Waals surface area contributed by atoms with E-state index in [0.29, 0.717) is 6.10 Å². The number of unbranched alkanes of at least 4 members (excludes halogenated alkanes) is 7. The minimum absolute atomic E-state index is 0.289. The van der Waals surface area contributed by atoms with Crippen LogP contribution in [0, 0.1) is 0 Å². The van der Waals surface area contributed by atoms with E-state index in [-0.39, 0.29) is 6.04 Å². The molecule has 2 heteroatoms. The highest BCUT2D eigenvalue weighted by Crippen LogP contribution is 2.18. The SMILES string of the molecule is CCCCCCCCCCC(N)C1CCCO1. The van der Waals surface area contributed by atoms with E-state index in [1.165, 1.54) is 64.2 Å². The summed E-state index contributed by atoms with van der Waals surface area (Å²) in [5, 5.41) is 0. The molecule has 0 radical (unpaired) electrons. The van der Waals surface area contributed by atoms with Crippen molar-refractivity contribution < 1.29 is 4.74 Å². The number of ether oxygens (including phenoxy) is 1. The Balaban J connectivity index is 1.83. The molecule has 2 N–H and O–H groups in total. The van der Waals surface area contributed by atoms with Gasteiger partial charge in [0.15, 0.2) is 0 Å². The van der Waals surface area contributed by atoms with Crippen LogP contribution in [0.4, 0.5) is 0 Å². The van der Waals surface area contributed by atoms with Gasteiger partial charge in [-0.3, -0.25) is 0 Å². The number of nitrogens with two attached hydrogens (primary N) is 1. The average molecular weight is 241 g/mol. The van der Waals surface area contributed by atoms with Gasteiger partial charge in [0, 0.05) is 12.6 Å². The van der Waals surface area contributed by atoms with Gasteiger partial charge in [0.25, 0.3) is 0 Å². The van der Waals surface area contributed by atoms with Crippen molar-refractivity contribution in [2.75, 3.05) is 6.61 Å². The topological polar surface area (TPSA) is 35.2 Å². The monoisotopic (exact) mass is 241 g/mol. The van der Waals surface area contributed by atoms with Crippen molar-refractivity contribution in [3.05, 3.63) is 0 Å². The van der Waals surface area contributed by atoms with Crippen molar-refractivity contribution in [1.29, 1.82) is 0 Å². The van der Waals surface area contributed by atoms with E-state index in [2.05, 4.69) is 6.92 Å². The molecule has 2 atom stereocenters. The Morgan fingerprint density at radius 2 is 1.71 bits per heavy atom. The van der Waals surface area contributed by atoms with Crippen LogP contribution in [0.3, 0.4) is 0 Å². The molecule has 1 rings (SSSR count). The molecule has 0 aromatic rings. The van der Waals surface area contributed by atoms with Crippen LogP contribution in [0.15, 0.2) is 0 Å². The summed E-state index contributed by atoms with van der Waals surface area (Å²) in [6.07, 6.45) is 14.9. The van der Waals surface area contributed by atoms with Crippen molar-refractivity contribution in [3.63, 3.8) is 0 Å². The molecule has 2 unspecified atom stereocenters. The molecule has 0 aliphatic carbocycles. The van der Waals surface area contributed by atoms with Crippen LogP contribution in [0.2, 0.25) is 0 Å². The van der Waals surface area contributed by atoms with Crippen molar-refractivity contribution in [2.45, 2.75) is 89.7 Å². The Hall–Kier alpha value is -0.0800. The highest BCUT2D eigenvalue weighted by molar-refractivity contribution is 4.77. The fourth-order valence-corrected chi connectivity index (χ4v) is 2.64. The lowest BCUT2D eigenvalue weighted by Crippen LogP contribution is -2.33. The third kappa shape index (κ3) is 7.05. The molecule has 1 fully saturated rings. The van der Waals surface area contributed by atoms with E-state index in [1.807, 2.05) is 0 Å². The summed E-state index contributed by atoms with van der Waals surface area (Å²) in [5.41, 5.74) is 6.13. The minimum atomic E-state index is 0.289. The number of hydrogen-bond acceptors (Lipinski definition) is 2. The molecule has 17 heavy (non-hydrogen) atoms. The first-order valence-electron chi connectivity index (χ1n) is 7.71. The summed E-state index contributed by atoms with van der Waals surface area (Å²) in [6, 6.07) is 0.289. The maximum absolute atomic E-state index is 6.13. The van der Waals surface area contributed by atoms with Gasteiger partial charge in [-0.05, 0) is 19.3 Å². The standard InChI is InChI=1S/C15H31NO/c1-2-3-4-5-6-7-8-9-11-14(16)15-12-10-13-17-15/h14-15H,2-13,16H2,1H3. The van der Waals surface area contributed by atoms with E-state index in [9.17, 15) is 0 Å². The van der Waals surface area contributed by atoms with Crippen molar-refractivity contribution in [3.8, 4) is 0 Å². The maximum Gasteiger partial charge on any atom is 0.0726 e. The highest BCUT2D eigenvalue weighted by atomic mass is 16.5. The summed E-state index contributed by atoms with van der Waals surface area (Å²) in [4.78, 5) is 0. The Morgan fingerprint density at radius 1 is 1.06 bits per heavy atom. The van der Waals surface area contributed by atoms with E-state index in [1.54, 1.807) is 0 Å². The molecule has 1 saturated heterocycles. The Labute approximate surface area is 107 Å². The third-order valence-electron chi connectivity index (χ3n) is 3.83. The first-order valence-corrected chi connectivity index (χ1v) is 7.71. The average Bonchev–Trinajstić information content (AvgIpc) is 2.86. The van der Waals surface area contributed by atoms with Crippen molar-refractivity contribution in [2.24, 2.45) is 5.73 Å². The summed E-state index contributed by atoms with van der Waals surface area (Å²) in [5.74, 6) is 0. The van der Waals surface area contributed by atoms with Crippen LogP contribution >= 0.6 is 0 Å². The lowest BCUT2D eigenvalue weighted by molar-refractivity contribution is 0.0867. The van der Waals surface area contributed by atoms with E-state index in [4.69, 9.17) is 10.5 Å². The smallest absolute Gasteiger partial charge is 0.0726 e. The highest BCUT2D eigenvalue weighted by Gasteiger charge is 2.21. The molecule has 0 saturated carbocycles. The molecule has 102 valence electrons. The maximum atomic E-state index is 6.13. The van der Waals surface area contributed by atoms with Gasteiger partial charge in [-0.1, -0.05) is 58.3 Å². The molecule has 0 aromatic carbocycles. The molecule has 2 nitrogen and oxygen atoms in total. The van der Waals surface area contributed by atoms with Gasteiger partial charge >= 0.3 is 0 Å². The zero-order valence-electron chi connectivity index (χ0n) is 11.6. The van der Waals surface area contributed by atoms with Gasteiger partial charge < -0.3 is 10.5 Å². The molecular formula is C15H31NO. The summed E-state index contributed by atoms with van der Waals surface area (Å²) in [6.45, 7) is 3.20. The Kier molecular flexibility index (Phi) is 8.72. The van der Waals surface area contributed by atoms with E-state index < -0.39 is 0 Å². The molecule has 0 aromatic heterocycles. The van der Waals surface area contributed by atoms with Crippen molar-refractivity contribution >= 4 is 0 Å². The van der Waals surface area contributed by atoms with Gasteiger partial charge in [0.1, 0.15) is 0 Å². The lowest BCUT2D eigenvalue weighted by atomic mass is 10.0. The molecule has 1 aliphatic heterocycles. The Bertz CT molecular complexity index is 166. The predicted molar refractivity (Wildman–Crippen MR) is 74.2 cm³/mol. The third-order valence-corrected chi connectivity index (χ3v) is 3.83. The van der Waals surface area contributed by atoms with Gasteiger partial charge in [0.2, 0.25) is 0 Å². The first kappa shape index (κ1) is 15.0. The lowest BCUT2D eigenvalue weighted by Gasteiger charge is -2.18. The second kappa shape index (κ2) is 9.90. The predicted octanol–water partition coefficient (Wildman–Crippen LogP) is 4.02. The number of rotatable bonds is 10. The van der Waals surface area contributed by atoms with Crippen molar-refractivity contribution in [1.82, 2.24) is 0 Å². The molecule has 1 heterocycles. The molecule has 0 spiro atoms. The van der Waals surface area contributed by atoms with Crippen LogP contribution in [-0.2, 0) is 4.74 Å². The zero-order chi connectivity index (χ0) is 12.3. The molecule has 0 bridgehead atoms. The Morgan fingerprint density at radius 3 is 2.29 bits per heavy atom. The van der Waals surface area contributed by atoms with Gasteiger partial charge in [0.05, 0.1) is 6.10 Å². The van der Waals surface area contributed by atoms with Gasteiger partial charge in [-0.25, -0.2) is 0 Å². The van der Waals surface area contributed by atoms with Crippen LogP contribution in [0.1, 0.15) is 77.6 Å². The normalized spacial score (nSPS) is 21.9. The van der Waals surface area contributed by atoms with Crippen LogP contribution in [0.25, 0.3) is 0 Å². The molecule has 0 amide bonds.